The maximum atomic E-state index is 13.3. The topological polar surface area (TPSA) is 84.9 Å². The molecule has 6 nitrogen and oxygen atoms in total. The van der Waals surface area contributed by atoms with Gasteiger partial charge in [-0.3, -0.25) is 4.79 Å². The number of carbonyl (C=O) groups excluding carboxylic acids is 2. The number of fused-ring (bicyclic) bond motifs is 4. The number of amides is 1. The number of rotatable bonds is 10. The third-order valence-corrected chi connectivity index (χ3v) is 12.8. The molecule has 0 bridgehead atoms. The Morgan fingerprint density at radius 3 is 2.43 bits per heavy atom. The van der Waals surface area contributed by atoms with Crippen molar-refractivity contribution in [2.45, 2.75) is 110 Å². The summed E-state index contributed by atoms with van der Waals surface area (Å²) in [5, 5.41) is 13.2. The lowest BCUT2D eigenvalue weighted by atomic mass is 9.49. The number of allylic oxidation sites excluding steroid dienone is 2. The summed E-state index contributed by atoms with van der Waals surface area (Å²) in [7, 11) is 2.91. The number of hydrogen-bond acceptors (Lipinski definition) is 5. The summed E-state index contributed by atoms with van der Waals surface area (Å²) in [5.74, 6) is 2.46. The Hall–Kier alpha value is -2.60. The average Bonchev–Trinajstić information content (AvgIpc) is 3.39. The van der Waals surface area contributed by atoms with Crippen molar-refractivity contribution >= 4 is 11.9 Å². The van der Waals surface area contributed by atoms with Crippen molar-refractivity contribution < 1.29 is 24.2 Å². The van der Waals surface area contributed by atoms with Crippen LogP contribution in [0.3, 0.4) is 0 Å². The lowest BCUT2D eigenvalue weighted by Gasteiger charge is -2.56. The first-order valence-corrected chi connectivity index (χ1v) is 17.0. The second kappa shape index (κ2) is 13.0. The van der Waals surface area contributed by atoms with E-state index in [2.05, 4.69) is 39.6 Å². The smallest absolute Gasteiger partial charge is 0.333 e. The number of hydrogen-bond donors (Lipinski definition) is 2. The number of ether oxygens (including phenoxy) is 2. The molecular weight excluding hydrogens is 550 g/mol. The van der Waals surface area contributed by atoms with Crippen molar-refractivity contribution in [2.75, 3.05) is 14.2 Å². The van der Waals surface area contributed by atoms with E-state index < -0.39 is 12.0 Å². The zero-order chi connectivity index (χ0) is 31.8. The van der Waals surface area contributed by atoms with Crippen molar-refractivity contribution in [3.63, 3.8) is 0 Å². The van der Waals surface area contributed by atoms with E-state index in [0.717, 1.165) is 25.7 Å². The number of aliphatic hydroxyl groups is 1. The van der Waals surface area contributed by atoms with Gasteiger partial charge in [-0.2, -0.15) is 0 Å². The minimum atomic E-state index is -0.905. The van der Waals surface area contributed by atoms with Gasteiger partial charge in [-0.1, -0.05) is 57.6 Å². The molecule has 0 aromatic heterocycles. The van der Waals surface area contributed by atoms with Crippen LogP contribution in [0.5, 0.6) is 5.75 Å². The highest BCUT2D eigenvalue weighted by Gasteiger charge is 2.55. The molecule has 0 heterocycles. The van der Waals surface area contributed by atoms with Gasteiger partial charge in [-0.05, 0) is 129 Å². The molecule has 3 saturated carbocycles. The normalized spacial score (nSPS) is 33.2. The summed E-state index contributed by atoms with van der Waals surface area (Å²) in [6.07, 6.45) is 12.5. The molecule has 0 radical (unpaired) electrons. The molecule has 0 aliphatic heterocycles. The SMILES string of the molecule is C=C(C(=O)N[C@H](C(=O)OC)c1ccc(OC)cc1)C(C)CC[C@@H](C)[C@H]1CCC2=C3CCC4C[C@@H](O)CC[C@]4(C)[C@H]3CC[C@@]21C. The molecule has 6 heteroatoms. The van der Waals surface area contributed by atoms with Crippen LogP contribution >= 0.6 is 0 Å². The van der Waals surface area contributed by atoms with Gasteiger partial charge >= 0.3 is 5.97 Å². The van der Waals surface area contributed by atoms with Gasteiger partial charge in [0.25, 0.3) is 0 Å². The van der Waals surface area contributed by atoms with Crippen molar-refractivity contribution in [1.82, 2.24) is 5.32 Å². The maximum Gasteiger partial charge on any atom is 0.333 e. The Morgan fingerprint density at radius 1 is 1.02 bits per heavy atom. The second-order valence-electron chi connectivity index (χ2n) is 15.0. The van der Waals surface area contributed by atoms with Crippen LogP contribution < -0.4 is 10.1 Å². The summed E-state index contributed by atoms with van der Waals surface area (Å²) in [5.41, 5.74) is 5.38. The van der Waals surface area contributed by atoms with E-state index in [1.807, 2.05) is 0 Å². The molecule has 5 rings (SSSR count). The van der Waals surface area contributed by atoms with Crippen LogP contribution in [0.25, 0.3) is 0 Å². The summed E-state index contributed by atoms with van der Waals surface area (Å²) in [4.78, 5) is 25.8. The molecule has 3 fully saturated rings. The van der Waals surface area contributed by atoms with E-state index in [1.54, 1.807) is 42.5 Å². The number of methoxy groups -OCH3 is 2. The van der Waals surface area contributed by atoms with Crippen molar-refractivity contribution in [3.05, 3.63) is 53.1 Å². The predicted molar refractivity (Wildman–Crippen MR) is 174 cm³/mol. The number of carbonyl (C=O) groups is 2. The Balaban J connectivity index is 1.20. The fourth-order valence-electron chi connectivity index (χ4n) is 9.95. The fraction of sp³-hybridized carbons (Fsp3) is 0.684. The third-order valence-electron chi connectivity index (χ3n) is 12.8. The number of esters is 1. The van der Waals surface area contributed by atoms with Gasteiger partial charge in [-0.25, -0.2) is 4.79 Å². The Kier molecular flexibility index (Phi) is 9.70. The van der Waals surface area contributed by atoms with Crippen LogP contribution in [0.1, 0.15) is 110 Å². The molecular formula is C38H55NO5. The van der Waals surface area contributed by atoms with Crippen LogP contribution in [-0.4, -0.2) is 37.3 Å². The first-order valence-electron chi connectivity index (χ1n) is 17.0. The van der Waals surface area contributed by atoms with Gasteiger partial charge < -0.3 is 19.9 Å². The van der Waals surface area contributed by atoms with Crippen molar-refractivity contribution in [3.8, 4) is 5.75 Å². The van der Waals surface area contributed by atoms with Gasteiger partial charge in [0.05, 0.1) is 20.3 Å². The number of nitrogens with one attached hydrogen (secondary N) is 1. The molecule has 0 spiro atoms. The van der Waals surface area contributed by atoms with Gasteiger partial charge in [0.1, 0.15) is 5.75 Å². The lowest BCUT2D eigenvalue weighted by molar-refractivity contribution is -0.145. The molecule has 1 aromatic rings. The molecule has 4 aliphatic carbocycles. The van der Waals surface area contributed by atoms with Gasteiger partial charge in [0, 0.05) is 5.57 Å². The van der Waals surface area contributed by atoms with Gasteiger partial charge in [-0.15, -0.1) is 0 Å². The van der Waals surface area contributed by atoms with E-state index in [1.165, 1.54) is 52.1 Å². The fourth-order valence-corrected chi connectivity index (χ4v) is 9.95. The summed E-state index contributed by atoms with van der Waals surface area (Å²) in [6, 6.07) is 6.15. The molecule has 1 aromatic carbocycles. The molecule has 1 amide bonds. The van der Waals surface area contributed by atoms with E-state index in [-0.39, 0.29) is 23.3 Å². The highest BCUT2D eigenvalue weighted by molar-refractivity contribution is 5.96. The average molecular weight is 606 g/mol. The molecule has 9 atom stereocenters. The van der Waals surface area contributed by atoms with E-state index in [9.17, 15) is 14.7 Å². The highest BCUT2D eigenvalue weighted by atomic mass is 16.5. The quantitative estimate of drug-likeness (QED) is 0.162. The van der Waals surface area contributed by atoms with Crippen LogP contribution in [0, 0.1) is 40.4 Å². The molecule has 4 aliphatic rings. The predicted octanol–water partition coefficient (Wildman–Crippen LogP) is 7.72. The van der Waals surface area contributed by atoms with E-state index >= 15 is 0 Å². The Labute approximate surface area is 265 Å². The van der Waals surface area contributed by atoms with Crippen LogP contribution in [0.15, 0.2) is 47.6 Å². The summed E-state index contributed by atoms with van der Waals surface area (Å²) in [6.45, 7) is 13.7. The lowest BCUT2D eigenvalue weighted by Crippen LogP contribution is -2.48. The zero-order valence-electron chi connectivity index (χ0n) is 27.9. The van der Waals surface area contributed by atoms with E-state index in [0.29, 0.717) is 46.0 Å². The van der Waals surface area contributed by atoms with Gasteiger partial charge in [0.15, 0.2) is 6.04 Å². The van der Waals surface area contributed by atoms with Gasteiger partial charge in [0.2, 0.25) is 5.91 Å². The number of aliphatic hydroxyl groups excluding tert-OH is 1. The van der Waals surface area contributed by atoms with Crippen molar-refractivity contribution in [1.29, 1.82) is 0 Å². The molecule has 44 heavy (non-hydrogen) atoms. The molecule has 2 N–H and O–H groups in total. The van der Waals surface area contributed by atoms with Crippen molar-refractivity contribution in [2.24, 2.45) is 40.4 Å². The molecule has 0 saturated heterocycles. The molecule has 242 valence electrons. The third kappa shape index (κ3) is 6.00. The van der Waals surface area contributed by atoms with E-state index in [4.69, 9.17) is 9.47 Å². The number of benzene rings is 1. The second-order valence-corrected chi connectivity index (χ2v) is 15.0. The first-order chi connectivity index (χ1) is 20.9. The minimum absolute atomic E-state index is 0.00580. The van der Waals surface area contributed by atoms with Crippen LogP contribution in [-0.2, 0) is 14.3 Å². The van der Waals surface area contributed by atoms with Crippen LogP contribution in [0.2, 0.25) is 0 Å². The maximum absolute atomic E-state index is 13.3. The zero-order valence-corrected chi connectivity index (χ0v) is 27.9. The standard InChI is InChI=1S/C38H55NO5/c1-23(25(3)35(41)39-34(36(42)44-7)26-10-13-29(43-6)14-11-26)8-9-24(2)31-16-17-32-30-15-12-27-22-28(40)18-20-37(27,4)33(30)19-21-38(31,32)5/h10-11,13-14,23-24,27-28,31,33-34,40H,3,8-9,12,15-22H2,1-2,4-7H3,(H,39,41)/t23?,24-,27?,28+,31-,33+,34+,37+,38-/m1/s1. The van der Waals surface area contributed by atoms with Crippen LogP contribution in [0.4, 0.5) is 0 Å². The Morgan fingerprint density at radius 2 is 1.75 bits per heavy atom. The molecule has 2 unspecified atom stereocenters. The summed E-state index contributed by atoms with van der Waals surface area (Å²) < 4.78 is 10.2. The highest BCUT2D eigenvalue weighted by Crippen LogP contribution is 2.65. The Bertz CT molecular complexity index is 1270. The minimum Gasteiger partial charge on any atom is -0.497 e. The summed E-state index contributed by atoms with van der Waals surface area (Å²) >= 11 is 0. The first kappa shape index (κ1) is 32.8. The monoisotopic (exact) mass is 605 g/mol. The largest absolute Gasteiger partial charge is 0.497 e.